The van der Waals surface area contributed by atoms with E-state index in [4.69, 9.17) is 0 Å². The molecule has 0 aliphatic heterocycles. The Morgan fingerprint density at radius 3 is 0.770 bits per heavy atom. The molecule has 2 aliphatic carbocycles. The van der Waals surface area contributed by atoms with Gasteiger partial charge in [-0.15, -0.1) is 0 Å². The van der Waals surface area contributed by atoms with Crippen LogP contribution in [0.15, 0.2) is 267 Å². The van der Waals surface area contributed by atoms with Crippen LogP contribution in [0.1, 0.15) is 0 Å². The van der Waals surface area contributed by atoms with Gasteiger partial charge < -0.3 is 0 Å². The Labute approximate surface area is 429 Å². The lowest BCUT2D eigenvalue weighted by Gasteiger charge is -2.20. The minimum absolute atomic E-state index is 1.22. The Morgan fingerprint density at radius 2 is 0.432 bits per heavy atom. The summed E-state index contributed by atoms with van der Waals surface area (Å²) < 4.78 is 0. The highest BCUT2D eigenvalue weighted by atomic mass is 14.4. The summed E-state index contributed by atoms with van der Waals surface area (Å²) in [6.45, 7) is 0. The highest BCUT2D eigenvalue weighted by molar-refractivity contribution is 6.30. The Hall–Kier alpha value is -9.62. The Bertz CT molecular complexity index is 4180. The zero-order valence-corrected chi connectivity index (χ0v) is 40.4. The summed E-state index contributed by atoms with van der Waals surface area (Å²) in [5.74, 6) is 0. The van der Waals surface area contributed by atoms with Gasteiger partial charge in [0.2, 0.25) is 0 Å². The molecular formula is C74H44. The molecule has 14 aromatic rings. The van der Waals surface area contributed by atoms with Crippen molar-refractivity contribution < 1.29 is 0 Å². The largest absolute Gasteiger partial charge is 0.0622 e. The monoisotopic (exact) mass is 932 g/mol. The summed E-state index contributed by atoms with van der Waals surface area (Å²) in [5, 5.41) is 12.8. The average molecular weight is 933 g/mol. The molecule has 0 nitrogen and oxygen atoms in total. The molecule has 0 N–H and O–H groups in total. The third kappa shape index (κ3) is 5.85. The van der Waals surface area contributed by atoms with Crippen LogP contribution in [-0.4, -0.2) is 0 Å². The van der Waals surface area contributed by atoms with Crippen molar-refractivity contribution in [1.82, 2.24) is 0 Å². The summed E-state index contributed by atoms with van der Waals surface area (Å²) in [6.07, 6.45) is 0. The van der Waals surface area contributed by atoms with Gasteiger partial charge in [0, 0.05) is 0 Å². The Balaban J connectivity index is 0.878. The van der Waals surface area contributed by atoms with Crippen molar-refractivity contribution in [3.8, 4) is 111 Å². The topological polar surface area (TPSA) is 0 Å². The predicted octanol–water partition coefficient (Wildman–Crippen LogP) is 20.7. The molecule has 0 amide bonds. The highest BCUT2D eigenvalue weighted by Gasteiger charge is 2.33. The second kappa shape index (κ2) is 15.9. The molecule has 0 atom stereocenters. The normalized spacial score (nSPS) is 12.1. The lowest BCUT2D eigenvalue weighted by Crippen LogP contribution is -1.93. The van der Waals surface area contributed by atoms with Crippen LogP contribution in [0.2, 0.25) is 0 Å². The summed E-state index contributed by atoms with van der Waals surface area (Å²) >= 11 is 0. The van der Waals surface area contributed by atoms with Crippen molar-refractivity contribution in [2.45, 2.75) is 0 Å². The van der Waals surface area contributed by atoms with E-state index in [1.807, 2.05) is 0 Å². The van der Waals surface area contributed by atoms with Crippen molar-refractivity contribution in [1.29, 1.82) is 0 Å². The third-order valence-electron chi connectivity index (χ3n) is 16.3. The molecular weight excluding hydrogens is 889 g/mol. The van der Waals surface area contributed by atoms with Crippen LogP contribution in [0.3, 0.4) is 0 Å². The molecule has 0 fully saturated rings. The molecule has 0 heteroatoms. The molecule has 16 rings (SSSR count). The second-order valence-electron chi connectivity index (χ2n) is 20.1. The van der Waals surface area contributed by atoms with E-state index in [-0.39, 0.29) is 0 Å². The summed E-state index contributed by atoms with van der Waals surface area (Å²) in [6, 6.07) is 99.7. The van der Waals surface area contributed by atoms with Crippen molar-refractivity contribution >= 4 is 53.9 Å². The van der Waals surface area contributed by atoms with Crippen LogP contribution in [0.25, 0.3) is 165 Å². The van der Waals surface area contributed by atoms with Gasteiger partial charge in [-0.3, -0.25) is 0 Å². The molecule has 0 unspecified atom stereocenters. The van der Waals surface area contributed by atoms with Gasteiger partial charge in [0.25, 0.3) is 0 Å². The molecule has 340 valence electrons. The van der Waals surface area contributed by atoms with E-state index in [2.05, 4.69) is 267 Å². The van der Waals surface area contributed by atoms with Crippen molar-refractivity contribution in [3.63, 3.8) is 0 Å². The molecule has 0 radical (unpaired) electrons. The first-order chi connectivity index (χ1) is 36.8. The number of rotatable bonds is 6. The first-order valence-electron chi connectivity index (χ1n) is 25.8. The van der Waals surface area contributed by atoms with Gasteiger partial charge >= 0.3 is 0 Å². The van der Waals surface area contributed by atoms with Crippen LogP contribution < -0.4 is 0 Å². The minimum Gasteiger partial charge on any atom is -0.0622 e. The van der Waals surface area contributed by atoms with E-state index in [0.717, 1.165) is 0 Å². The molecule has 0 bridgehead atoms. The first-order valence-corrected chi connectivity index (χ1v) is 25.8. The molecule has 0 saturated carbocycles. The maximum absolute atomic E-state index is 2.42. The maximum atomic E-state index is 2.42. The van der Waals surface area contributed by atoms with E-state index < -0.39 is 0 Å². The fraction of sp³-hybridized carbons (Fsp3) is 0. The quantitative estimate of drug-likeness (QED) is 0.156. The highest BCUT2D eigenvalue weighted by Crippen LogP contribution is 2.60. The second-order valence-corrected chi connectivity index (χ2v) is 20.1. The first kappa shape index (κ1) is 41.0. The van der Waals surface area contributed by atoms with E-state index in [9.17, 15) is 0 Å². The van der Waals surface area contributed by atoms with Gasteiger partial charge in [-0.2, -0.15) is 0 Å². The van der Waals surface area contributed by atoms with Crippen LogP contribution >= 0.6 is 0 Å². The van der Waals surface area contributed by atoms with E-state index in [0.29, 0.717) is 0 Å². The van der Waals surface area contributed by atoms with Gasteiger partial charge in [-0.1, -0.05) is 255 Å². The number of hydrogen-bond acceptors (Lipinski definition) is 0. The zero-order valence-electron chi connectivity index (χ0n) is 40.4. The third-order valence-corrected chi connectivity index (χ3v) is 16.3. The van der Waals surface area contributed by atoms with Crippen molar-refractivity contribution in [2.75, 3.05) is 0 Å². The lowest BCUT2D eigenvalue weighted by molar-refractivity contribution is 1.62. The smallest absolute Gasteiger partial charge is 0.000741 e. The predicted molar refractivity (Wildman–Crippen MR) is 315 cm³/mol. The van der Waals surface area contributed by atoms with E-state index in [1.54, 1.807) is 0 Å². The van der Waals surface area contributed by atoms with Crippen LogP contribution in [-0.2, 0) is 0 Å². The van der Waals surface area contributed by atoms with Gasteiger partial charge in [0.05, 0.1) is 0 Å². The average Bonchev–Trinajstić information content (AvgIpc) is 4.00. The molecule has 74 heavy (non-hydrogen) atoms. The van der Waals surface area contributed by atoms with Gasteiger partial charge in [-0.05, 0) is 177 Å². The molecule has 0 spiro atoms. The summed E-state index contributed by atoms with van der Waals surface area (Å²) in [7, 11) is 0. The molecule has 0 aromatic heterocycles. The number of fused-ring (bicyclic) bond motifs is 9. The molecule has 0 heterocycles. The lowest BCUT2D eigenvalue weighted by atomic mass is 9.82. The van der Waals surface area contributed by atoms with Gasteiger partial charge in [-0.25, -0.2) is 0 Å². The number of hydrogen-bond donors (Lipinski definition) is 0. The fourth-order valence-corrected chi connectivity index (χ4v) is 13.3. The number of benzene rings is 14. The zero-order chi connectivity index (χ0) is 48.4. The van der Waals surface area contributed by atoms with Gasteiger partial charge in [0.15, 0.2) is 0 Å². The Morgan fingerprint density at radius 1 is 0.149 bits per heavy atom. The molecule has 14 aromatic carbocycles. The maximum Gasteiger partial charge on any atom is -0.000741 e. The summed E-state index contributed by atoms with van der Waals surface area (Å²) in [4.78, 5) is 0. The van der Waals surface area contributed by atoms with Gasteiger partial charge in [0.1, 0.15) is 0 Å². The molecule has 0 saturated heterocycles. The van der Waals surface area contributed by atoms with E-state index in [1.165, 1.54) is 165 Å². The molecule has 2 aliphatic rings. The van der Waals surface area contributed by atoms with Crippen molar-refractivity contribution in [2.24, 2.45) is 0 Å². The van der Waals surface area contributed by atoms with Crippen LogP contribution in [0, 0.1) is 0 Å². The van der Waals surface area contributed by atoms with Crippen LogP contribution in [0.5, 0.6) is 0 Å². The Kier molecular flexibility index (Phi) is 8.84. The standard InChI is InChI=1S/C74H44/c1-5-19-46(20-6-1)65-57-27-13-15-29-59(57)67(48-23-9-3-10-24-48)73-63-41-39-53(55-31-17-33-61(69(55)63)71(65)73)50-37-35-45-36-38-51(44-52(45)43-50)54-40-42-64-70-56(54)32-18-34-62(70)72-66(47-21-7-2-8-22-47)58-28-14-16-30-60(58)68(74(64)72)49-25-11-4-12-26-49/h1-44H. The van der Waals surface area contributed by atoms with Crippen molar-refractivity contribution in [3.05, 3.63) is 267 Å². The van der Waals surface area contributed by atoms with E-state index >= 15 is 0 Å². The SMILES string of the molecule is c1ccc(-c2c3c(c(-c4ccccc4)c4ccccc24)-c2ccc(-c4ccc5ccc(-c6ccc7c8c(cccc68)-c6c-7c(-c7ccccc7)c7ccccc7c6-c6ccccc6)cc5c4)c4cccc-3c24)cc1. The van der Waals surface area contributed by atoms with Crippen LogP contribution in [0.4, 0.5) is 0 Å². The fourth-order valence-electron chi connectivity index (χ4n) is 13.3. The minimum atomic E-state index is 1.22. The summed E-state index contributed by atoms with van der Waals surface area (Å²) in [5.41, 5.74) is 25.6.